The van der Waals surface area contributed by atoms with Gasteiger partial charge in [-0.15, -0.1) is 0 Å². The highest BCUT2D eigenvalue weighted by molar-refractivity contribution is 6.06. The van der Waals surface area contributed by atoms with Crippen molar-refractivity contribution in [3.8, 4) is 17.6 Å². The van der Waals surface area contributed by atoms with Crippen molar-refractivity contribution in [2.24, 2.45) is 5.16 Å². The number of nitriles is 1. The number of nitrogens with zero attached hydrogens (tertiary/aromatic N) is 2. The highest BCUT2D eigenvalue weighted by Crippen LogP contribution is 2.26. The van der Waals surface area contributed by atoms with Crippen LogP contribution in [0.25, 0.3) is 6.08 Å². The van der Waals surface area contributed by atoms with Crippen LogP contribution in [0.3, 0.4) is 0 Å². The SMILES string of the molecule is CO/N=C(/COc1ccc(COc2ccc(C(C#N)CC(=O)O)cc2)cc1)C1=Cc2ccccc2C1. The minimum absolute atomic E-state index is 0.227. The van der Waals surface area contributed by atoms with E-state index in [2.05, 4.69) is 23.4 Å². The minimum atomic E-state index is -1.00. The van der Waals surface area contributed by atoms with E-state index >= 15 is 0 Å². The molecule has 1 N–H and O–H groups in total. The van der Waals surface area contributed by atoms with Crippen molar-refractivity contribution in [2.75, 3.05) is 13.7 Å². The molecule has 1 aliphatic rings. The zero-order valence-corrected chi connectivity index (χ0v) is 19.9. The molecule has 3 aromatic rings. The summed E-state index contributed by atoms with van der Waals surface area (Å²) in [4.78, 5) is 15.9. The lowest BCUT2D eigenvalue weighted by Crippen LogP contribution is -2.15. The fourth-order valence-corrected chi connectivity index (χ4v) is 3.96. The summed E-state index contributed by atoms with van der Waals surface area (Å²) in [7, 11) is 1.53. The Morgan fingerprint density at radius 2 is 1.72 bits per heavy atom. The van der Waals surface area contributed by atoms with Crippen LogP contribution in [-0.2, 0) is 22.7 Å². The van der Waals surface area contributed by atoms with Crippen LogP contribution < -0.4 is 9.47 Å². The predicted molar refractivity (Wildman–Crippen MR) is 136 cm³/mol. The zero-order chi connectivity index (χ0) is 25.3. The molecule has 0 radical (unpaired) electrons. The van der Waals surface area contributed by atoms with Gasteiger partial charge in [0, 0.05) is 6.42 Å². The molecule has 1 atom stereocenters. The third-order valence-electron chi connectivity index (χ3n) is 5.86. The molecule has 1 unspecified atom stereocenters. The number of oxime groups is 1. The number of benzene rings is 3. The van der Waals surface area contributed by atoms with Crippen molar-refractivity contribution >= 4 is 17.8 Å². The minimum Gasteiger partial charge on any atom is -0.489 e. The predicted octanol–water partition coefficient (Wildman–Crippen LogP) is 5.37. The molecule has 3 aromatic carbocycles. The maximum Gasteiger partial charge on any atom is 0.305 e. The molecule has 0 aliphatic heterocycles. The van der Waals surface area contributed by atoms with Crippen LogP contribution in [0.2, 0.25) is 0 Å². The molecule has 0 bridgehead atoms. The molecule has 0 saturated heterocycles. The van der Waals surface area contributed by atoms with Crippen molar-refractivity contribution in [3.63, 3.8) is 0 Å². The van der Waals surface area contributed by atoms with E-state index in [0.717, 1.165) is 23.3 Å². The van der Waals surface area contributed by atoms with Gasteiger partial charge in [0.25, 0.3) is 0 Å². The number of ether oxygens (including phenoxy) is 2. The van der Waals surface area contributed by atoms with Gasteiger partial charge in [0.05, 0.1) is 18.4 Å². The van der Waals surface area contributed by atoms with Gasteiger partial charge in [0.15, 0.2) is 0 Å². The number of carbonyl (C=O) groups is 1. The fourth-order valence-electron chi connectivity index (χ4n) is 3.96. The van der Waals surface area contributed by atoms with Crippen LogP contribution in [0, 0.1) is 11.3 Å². The quantitative estimate of drug-likeness (QED) is 0.291. The van der Waals surface area contributed by atoms with Gasteiger partial charge in [0.2, 0.25) is 0 Å². The average Bonchev–Trinajstić information content (AvgIpc) is 3.33. The van der Waals surface area contributed by atoms with Crippen LogP contribution in [0.4, 0.5) is 0 Å². The van der Waals surface area contributed by atoms with Gasteiger partial charge in [-0.25, -0.2) is 0 Å². The molecular weight excluding hydrogens is 456 g/mol. The fraction of sp³-hybridized carbons (Fsp3) is 0.207. The molecule has 4 rings (SSSR count). The topological polar surface area (TPSA) is 101 Å². The Morgan fingerprint density at radius 1 is 1.03 bits per heavy atom. The summed E-state index contributed by atoms with van der Waals surface area (Å²) >= 11 is 0. The molecule has 0 spiro atoms. The second-order valence-electron chi connectivity index (χ2n) is 8.34. The molecule has 182 valence electrons. The highest BCUT2D eigenvalue weighted by Gasteiger charge is 2.18. The first kappa shape index (κ1) is 24.6. The van der Waals surface area contributed by atoms with Gasteiger partial charge in [-0.1, -0.05) is 53.7 Å². The van der Waals surface area contributed by atoms with Crippen molar-refractivity contribution in [1.82, 2.24) is 0 Å². The number of hydrogen-bond donors (Lipinski definition) is 1. The average molecular weight is 483 g/mol. The third kappa shape index (κ3) is 6.30. The van der Waals surface area contributed by atoms with E-state index in [0.29, 0.717) is 30.3 Å². The number of carboxylic acids is 1. The van der Waals surface area contributed by atoms with Gasteiger partial charge in [-0.05, 0) is 58.2 Å². The van der Waals surface area contributed by atoms with Crippen molar-refractivity contribution < 1.29 is 24.2 Å². The Morgan fingerprint density at radius 3 is 2.39 bits per heavy atom. The van der Waals surface area contributed by atoms with Crippen molar-refractivity contribution in [1.29, 1.82) is 5.26 Å². The normalized spacial score (nSPS) is 13.2. The van der Waals surface area contributed by atoms with E-state index in [9.17, 15) is 10.1 Å². The number of aliphatic carboxylic acids is 1. The molecule has 7 nitrogen and oxygen atoms in total. The van der Waals surface area contributed by atoms with Gasteiger partial charge in [-0.3, -0.25) is 4.79 Å². The van der Waals surface area contributed by atoms with E-state index in [1.54, 1.807) is 24.3 Å². The highest BCUT2D eigenvalue weighted by atomic mass is 16.6. The number of hydrogen-bond acceptors (Lipinski definition) is 6. The van der Waals surface area contributed by atoms with Crippen LogP contribution in [0.1, 0.15) is 34.6 Å². The Kier molecular flexibility index (Phi) is 7.99. The summed E-state index contributed by atoms with van der Waals surface area (Å²) in [6, 6.07) is 24.8. The maximum atomic E-state index is 10.9. The van der Waals surface area contributed by atoms with Crippen LogP contribution in [-0.4, -0.2) is 30.5 Å². The molecule has 0 amide bonds. The molecule has 0 aromatic heterocycles. The Hall–Kier alpha value is -4.57. The lowest BCUT2D eigenvalue weighted by Gasteiger charge is -2.11. The molecule has 0 fully saturated rings. The van der Waals surface area contributed by atoms with Crippen LogP contribution >= 0.6 is 0 Å². The lowest BCUT2D eigenvalue weighted by molar-refractivity contribution is -0.137. The van der Waals surface area contributed by atoms with E-state index < -0.39 is 11.9 Å². The summed E-state index contributed by atoms with van der Waals surface area (Å²) in [6.45, 7) is 0.652. The first-order valence-corrected chi connectivity index (χ1v) is 11.5. The summed E-state index contributed by atoms with van der Waals surface area (Å²) in [5.74, 6) is -0.335. The van der Waals surface area contributed by atoms with Crippen LogP contribution in [0.5, 0.6) is 11.5 Å². The van der Waals surface area contributed by atoms with Crippen molar-refractivity contribution in [2.45, 2.75) is 25.4 Å². The van der Waals surface area contributed by atoms with E-state index in [4.69, 9.17) is 19.4 Å². The van der Waals surface area contributed by atoms with Gasteiger partial charge in [-0.2, -0.15) is 5.26 Å². The smallest absolute Gasteiger partial charge is 0.305 e. The van der Waals surface area contributed by atoms with E-state index in [-0.39, 0.29) is 6.42 Å². The number of carboxylic acid groups (broad SMARTS) is 1. The third-order valence-corrected chi connectivity index (χ3v) is 5.86. The molecular formula is C29H26N2O5. The monoisotopic (exact) mass is 482 g/mol. The molecule has 36 heavy (non-hydrogen) atoms. The molecule has 1 aliphatic carbocycles. The summed E-state index contributed by atoms with van der Waals surface area (Å²) in [6.07, 6.45) is 2.70. The van der Waals surface area contributed by atoms with Gasteiger partial charge < -0.3 is 19.4 Å². The first-order valence-electron chi connectivity index (χ1n) is 11.5. The summed E-state index contributed by atoms with van der Waals surface area (Å²) in [5, 5.41) is 22.3. The summed E-state index contributed by atoms with van der Waals surface area (Å²) < 4.78 is 11.8. The Bertz CT molecular complexity index is 1300. The van der Waals surface area contributed by atoms with Gasteiger partial charge >= 0.3 is 5.97 Å². The van der Waals surface area contributed by atoms with Gasteiger partial charge in [0.1, 0.15) is 37.5 Å². The standard InChI is InChI=1S/C29H26N2O5/c1-34-31-28(24-14-22-4-2-3-5-23(22)15-24)19-36-26-10-6-20(7-11-26)18-35-27-12-8-21(9-13-27)25(17-30)16-29(32)33/h2-14,25H,15-16,18-19H2,1H3,(H,32,33)/b31-28-. The molecule has 0 saturated carbocycles. The largest absolute Gasteiger partial charge is 0.489 e. The lowest BCUT2D eigenvalue weighted by atomic mass is 9.97. The maximum absolute atomic E-state index is 10.9. The van der Waals surface area contributed by atoms with Crippen molar-refractivity contribution in [3.05, 3.63) is 101 Å². The second-order valence-corrected chi connectivity index (χ2v) is 8.34. The Labute approximate surface area is 209 Å². The number of rotatable bonds is 11. The zero-order valence-electron chi connectivity index (χ0n) is 19.9. The van der Waals surface area contributed by atoms with E-state index in [1.807, 2.05) is 42.5 Å². The first-order chi connectivity index (χ1) is 17.6. The Balaban J connectivity index is 1.30. The van der Waals surface area contributed by atoms with E-state index in [1.165, 1.54) is 18.2 Å². The summed E-state index contributed by atoms with van der Waals surface area (Å²) in [5.41, 5.74) is 5.92. The molecule has 7 heteroatoms. The second kappa shape index (κ2) is 11.7. The molecule has 0 heterocycles. The number of fused-ring (bicyclic) bond motifs is 1. The van der Waals surface area contributed by atoms with Crippen LogP contribution in [0.15, 0.2) is 83.5 Å².